The second-order valence-corrected chi connectivity index (χ2v) is 7.56. The van der Waals surface area contributed by atoms with Crippen molar-refractivity contribution in [3.8, 4) is 0 Å². The van der Waals surface area contributed by atoms with Crippen LogP contribution in [0.2, 0.25) is 0 Å². The molecule has 0 saturated carbocycles. The normalized spacial score (nSPS) is 15.9. The topological polar surface area (TPSA) is 37.3 Å². The minimum Gasteiger partial charge on any atom is -0.350 e. The third-order valence-electron chi connectivity index (χ3n) is 5.69. The van der Waals surface area contributed by atoms with E-state index in [2.05, 4.69) is 52.7 Å². The highest BCUT2D eigenvalue weighted by atomic mass is 16.1. The number of carbonyl (C=O) groups is 1. The van der Waals surface area contributed by atoms with Crippen LogP contribution in [0.25, 0.3) is 10.9 Å². The molecule has 0 unspecified atom stereocenters. The average molecular weight is 361 g/mol. The molecule has 0 spiro atoms. The maximum atomic E-state index is 12.6. The monoisotopic (exact) mass is 361 g/mol. The molecule has 1 aliphatic heterocycles. The van der Waals surface area contributed by atoms with Crippen molar-refractivity contribution >= 4 is 16.8 Å². The van der Waals surface area contributed by atoms with E-state index in [-0.39, 0.29) is 5.91 Å². The average Bonchev–Trinajstić information content (AvgIpc) is 3.05. The number of rotatable bonds is 5. The van der Waals surface area contributed by atoms with Crippen molar-refractivity contribution in [1.29, 1.82) is 0 Å². The molecule has 1 amide bonds. The lowest BCUT2D eigenvalue weighted by atomic mass is 9.96. The van der Waals surface area contributed by atoms with Gasteiger partial charge in [0, 0.05) is 31.0 Å². The van der Waals surface area contributed by atoms with Crippen LogP contribution in [-0.2, 0) is 13.6 Å². The first-order chi connectivity index (χ1) is 13.2. The van der Waals surface area contributed by atoms with Gasteiger partial charge in [0.1, 0.15) is 5.69 Å². The third kappa shape index (κ3) is 4.06. The van der Waals surface area contributed by atoms with Gasteiger partial charge in [-0.05, 0) is 49.5 Å². The van der Waals surface area contributed by atoms with Crippen LogP contribution < -0.4 is 5.32 Å². The molecule has 27 heavy (non-hydrogen) atoms. The molecule has 1 fully saturated rings. The van der Waals surface area contributed by atoms with Crippen molar-refractivity contribution in [3.05, 3.63) is 71.9 Å². The summed E-state index contributed by atoms with van der Waals surface area (Å²) in [5.74, 6) is 0.594. The van der Waals surface area contributed by atoms with Gasteiger partial charge in [-0.1, -0.05) is 48.5 Å². The van der Waals surface area contributed by atoms with Gasteiger partial charge >= 0.3 is 0 Å². The SMILES string of the molecule is Cn1c(C(=O)NCC2CCN(Cc3ccccc3)CC2)cc2ccccc21. The highest BCUT2D eigenvalue weighted by molar-refractivity contribution is 5.98. The van der Waals surface area contributed by atoms with Gasteiger partial charge in [-0.25, -0.2) is 0 Å². The fourth-order valence-corrected chi connectivity index (χ4v) is 4.02. The lowest BCUT2D eigenvalue weighted by Gasteiger charge is -2.32. The molecule has 140 valence electrons. The van der Waals surface area contributed by atoms with Gasteiger partial charge in [0.15, 0.2) is 0 Å². The van der Waals surface area contributed by atoms with E-state index < -0.39 is 0 Å². The molecule has 0 bridgehead atoms. The van der Waals surface area contributed by atoms with Crippen molar-refractivity contribution < 1.29 is 4.79 Å². The fourth-order valence-electron chi connectivity index (χ4n) is 4.02. The zero-order valence-corrected chi connectivity index (χ0v) is 15.9. The zero-order chi connectivity index (χ0) is 18.6. The molecule has 1 aromatic heterocycles. The molecule has 0 atom stereocenters. The highest BCUT2D eigenvalue weighted by Crippen LogP contribution is 2.20. The lowest BCUT2D eigenvalue weighted by molar-refractivity contribution is 0.0927. The predicted octanol–water partition coefficient (Wildman–Crippen LogP) is 3.82. The fraction of sp³-hybridized carbons (Fsp3) is 0.348. The number of nitrogens with one attached hydrogen (secondary N) is 1. The van der Waals surface area contributed by atoms with Crippen LogP contribution in [0.4, 0.5) is 0 Å². The first-order valence-electron chi connectivity index (χ1n) is 9.79. The van der Waals surface area contributed by atoms with E-state index in [0.717, 1.165) is 55.6 Å². The third-order valence-corrected chi connectivity index (χ3v) is 5.69. The number of hydrogen-bond donors (Lipinski definition) is 1. The summed E-state index contributed by atoms with van der Waals surface area (Å²) in [5, 5.41) is 4.27. The summed E-state index contributed by atoms with van der Waals surface area (Å²) >= 11 is 0. The Morgan fingerprint density at radius 1 is 1.04 bits per heavy atom. The molecule has 4 rings (SSSR count). The molecule has 2 heterocycles. The van der Waals surface area contributed by atoms with Crippen LogP contribution in [0.3, 0.4) is 0 Å². The number of carbonyl (C=O) groups excluding carboxylic acids is 1. The lowest BCUT2D eigenvalue weighted by Crippen LogP contribution is -2.38. The van der Waals surface area contributed by atoms with Crippen molar-refractivity contribution in [2.45, 2.75) is 19.4 Å². The van der Waals surface area contributed by atoms with E-state index in [4.69, 9.17) is 0 Å². The van der Waals surface area contributed by atoms with Crippen LogP contribution in [0.5, 0.6) is 0 Å². The Balaban J connectivity index is 1.28. The van der Waals surface area contributed by atoms with Crippen molar-refractivity contribution in [1.82, 2.24) is 14.8 Å². The van der Waals surface area contributed by atoms with E-state index in [9.17, 15) is 4.79 Å². The number of para-hydroxylation sites is 1. The molecule has 0 radical (unpaired) electrons. The van der Waals surface area contributed by atoms with Crippen LogP contribution in [0.1, 0.15) is 28.9 Å². The largest absolute Gasteiger partial charge is 0.350 e. The number of nitrogens with zero attached hydrogens (tertiary/aromatic N) is 2. The van der Waals surface area contributed by atoms with Crippen LogP contribution >= 0.6 is 0 Å². The number of hydrogen-bond acceptors (Lipinski definition) is 2. The van der Waals surface area contributed by atoms with E-state index >= 15 is 0 Å². The van der Waals surface area contributed by atoms with Gasteiger partial charge in [0.05, 0.1) is 0 Å². The maximum Gasteiger partial charge on any atom is 0.267 e. The Hall–Kier alpha value is -2.59. The van der Waals surface area contributed by atoms with Crippen LogP contribution in [-0.4, -0.2) is 35.0 Å². The van der Waals surface area contributed by atoms with E-state index in [1.54, 1.807) is 0 Å². The molecule has 4 heteroatoms. The van der Waals surface area contributed by atoms with E-state index in [1.807, 2.05) is 29.8 Å². The van der Waals surface area contributed by atoms with Gasteiger partial charge < -0.3 is 9.88 Å². The Kier molecular flexibility index (Phi) is 5.26. The summed E-state index contributed by atoms with van der Waals surface area (Å²) in [6.07, 6.45) is 2.28. The maximum absolute atomic E-state index is 12.6. The number of likely N-dealkylation sites (tertiary alicyclic amines) is 1. The summed E-state index contributed by atoms with van der Waals surface area (Å²) in [6, 6.07) is 20.7. The summed E-state index contributed by atoms with van der Waals surface area (Å²) in [6.45, 7) is 3.99. The predicted molar refractivity (Wildman–Crippen MR) is 110 cm³/mol. The highest BCUT2D eigenvalue weighted by Gasteiger charge is 2.21. The van der Waals surface area contributed by atoms with Crippen molar-refractivity contribution in [3.63, 3.8) is 0 Å². The molecule has 1 aliphatic rings. The number of aryl methyl sites for hydroxylation is 1. The number of piperidine rings is 1. The molecule has 2 aromatic carbocycles. The number of fused-ring (bicyclic) bond motifs is 1. The molecular weight excluding hydrogens is 334 g/mol. The second-order valence-electron chi connectivity index (χ2n) is 7.56. The van der Waals surface area contributed by atoms with E-state index in [1.165, 1.54) is 5.56 Å². The Bertz CT molecular complexity index is 908. The summed E-state index contributed by atoms with van der Waals surface area (Å²) in [7, 11) is 1.96. The summed E-state index contributed by atoms with van der Waals surface area (Å²) in [5.41, 5.74) is 3.20. The minimum atomic E-state index is 0.0282. The molecule has 1 saturated heterocycles. The summed E-state index contributed by atoms with van der Waals surface area (Å²) < 4.78 is 1.98. The summed E-state index contributed by atoms with van der Waals surface area (Å²) in [4.78, 5) is 15.2. The Labute approximate surface area is 160 Å². The van der Waals surface area contributed by atoms with Crippen LogP contribution in [0.15, 0.2) is 60.7 Å². The van der Waals surface area contributed by atoms with Gasteiger partial charge in [-0.15, -0.1) is 0 Å². The number of aromatic nitrogens is 1. The number of benzene rings is 2. The molecule has 0 aliphatic carbocycles. The molecule has 4 nitrogen and oxygen atoms in total. The smallest absolute Gasteiger partial charge is 0.267 e. The van der Waals surface area contributed by atoms with Gasteiger partial charge in [-0.3, -0.25) is 9.69 Å². The molecule has 1 N–H and O–H groups in total. The van der Waals surface area contributed by atoms with Gasteiger partial charge in [-0.2, -0.15) is 0 Å². The zero-order valence-electron chi connectivity index (χ0n) is 15.9. The molecular formula is C23H27N3O. The number of amides is 1. The van der Waals surface area contributed by atoms with Gasteiger partial charge in [0.2, 0.25) is 0 Å². The first-order valence-corrected chi connectivity index (χ1v) is 9.79. The Morgan fingerprint density at radius 3 is 2.48 bits per heavy atom. The van der Waals surface area contributed by atoms with Crippen molar-refractivity contribution in [2.75, 3.05) is 19.6 Å². The van der Waals surface area contributed by atoms with Crippen molar-refractivity contribution in [2.24, 2.45) is 13.0 Å². The Morgan fingerprint density at radius 2 is 1.74 bits per heavy atom. The van der Waals surface area contributed by atoms with E-state index in [0.29, 0.717) is 5.92 Å². The molecule has 3 aromatic rings. The van der Waals surface area contributed by atoms with Gasteiger partial charge in [0.25, 0.3) is 5.91 Å². The quantitative estimate of drug-likeness (QED) is 0.750. The standard InChI is InChI=1S/C23H27N3O/c1-25-21-10-6-5-9-20(21)15-22(25)23(27)24-16-18-11-13-26(14-12-18)17-19-7-3-2-4-8-19/h2-10,15,18H,11-14,16-17H2,1H3,(H,24,27). The van der Waals surface area contributed by atoms with Crippen LogP contribution in [0, 0.1) is 5.92 Å². The first kappa shape index (κ1) is 17.8. The second kappa shape index (κ2) is 7.97. The minimum absolute atomic E-state index is 0.0282.